The van der Waals surface area contributed by atoms with Crippen LogP contribution in [0.3, 0.4) is 0 Å². The van der Waals surface area contributed by atoms with Gasteiger partial charge >= 0.3 is 0 Å². The van der Waals surface area contributed by atoms with Gasteiger partial charge in [-0.05, 0) is 31.3 Å². The monoisotopic (exact) mass is 374 g/mol. The first-order valence-electron chi connectivity index (χ1n) is 8.21. The fourth-order valence-electron chi connectivity index (χ4n) is 2.75. The number of nitrogens with one attached hydrogen (secondary N) is 2. The van der Waals surface area contributed by atoms with Crippen molar-refractivity contribution in [2.75, 3.05) is 26.0 Å². The summed E-state index contributed by atoms with van der Waals surface area (Å²) in [6.45, 7) is 2.48. The SMILES string of the molecule is CNCC(C)C(=O)Nc1nc2ccccc2n1-c1cccc(OC)c1.Cl. The number of carbonyl (C=O) groups excluding carboxylic acids is 1. The highest BCUT2D eigenvalue weighted by atomic mass is 35.5. The first kappa shape index (κ1) is 19.8. The van der Waals surface area contributed by atoms with Gasteiger partial charge in [-0.1, -0.05) is 25.1 Å². The van der Waals surface area contributed by atoms with E-state index in [9.17, 15) is 4.79 Å². The van der Waals surface area contributed by atoms with Gasteiger partial charge in [-0.3, -0.25) is 14.7 Å². The number of ether oxygens (including phenoxy) is 1. The van der Waals surface area contributed by atoms with Gasteiger partial charge in [0.25, 0.3) is 0 Å². The van der Waals surface area contributed by atoms with Crippen molar-refractivity contribution in [3.05, 3.63) is 48.5 Å². The number of fused-ring (bicyclic) bond motifs is 1. The number of hydrogen-bond donors (Lipinski definition) is 2. The van der Waals surface area contributed by atoms with Gasteiger partial charge in [0.05, 0.1) is 23.8 Å². The minimum atomic E-state index is -0.163. The molecule has 3 rings (SSSR count). The van der Waals surface area contributed by atoms with Crippen molar-refractivity contribution in [3.8, 4) is 11.4 Å². The predicted octanol–water partition coefficient (Wildman–Crippen LogP) is 3.25. The van der Waals surface area contributed by atoms with Crippen molar-refractivity contribution in [1.82, 2.24) is 14.9 Å². The second-order valence-corrected chi connectivity index (χ2v) is 5.91. The van der Waals surface area contributed by atoms with E-state index in [0.29, 0.717) is 12.5 Å². The lowest BCUT2D eigenvalue weighted by atomic mass is 10.1. The smallest absolute Gasteiger partial charge is 0.230 e. The van der Waals surface area contributed by atoms with Crippen LogP contribution < -0.4 is 15.4 Å². The van der Waals surface area contributed by atoms with Crippen molar-refractivity contribution in [1.29, 1.82) is 0 Å². The summed E-state index contributed by atoms with van der Waals surface area (Å²) in [5.41, 5.74) is 2.62. The minimum absolute atomic E-state index is 0. The number of aromatic nitrogens is 2. The molecule has 2 N–H and O–H groups in total. The summed E-state index contributed by atoms with van der Waals surface area (Å²) >= 11 is 0. The van der Waals surface area contributed by atoms with Crippen LogP contribution in [0.5, 0.6) is 5.75 Å². The highest BCUT2D eigenvalue weighted by Crippen LogP contribution is 2.27. The van der Waals surface area contributed by atoms with Crippen molar-refractivity contribution >= 4 is 35.3 Å². The maximum atomic E-state index is 12.5. The zero-order valence-electron chi connectivity index (χ0n) is 15.0. The number of anilines is 1. The Morgan fingerprint density at radius 2 is 2.00 bits per heavy atom. The van der Waals surface area contributed by atoms with Gasteiger partial charge in [0, 0.05) is 18.5 Å². The van der Waals surface area contributed by atoms with Crippen LogP contribution in [-0.4, -0.2) is 36.2 Å². The maximum Gasteiger partial charge on any atom is 0.230 e. The fourth-order valence-corrected chi connectivity index (χ4v) is 2.75. The van der Waals surface area contributed by atoms with E-state index in [1.165, 1.54) is 0 Å². The number of benzene rings is 2. The van der Waals surface area contributed by atoms with Crippen LogP contribution in [-0.2, 0) is 4.79 Å². The molecule has 0 aliphatic carbocycles. The fraction of sp³-hybridized carbons (Fsp3) is 0.263. The summed E-state index contributed by atoms with van der Waals surface area (Å²) in [5, 5.41) is 5.97. The molecule has 3 aromatic rings. The summed E-state index contributed by atoms with van der Waals surface area (Å²) < 4.78 is 7.26. The van der Waals surface area contributed by atoms with E-state index >= 15 is 0 Å². The first-order chi connectivity index (χ1) is 12.1. The van der Waals surface area contributed by atoms with Gasteiger partial charge in [-0.25, -0.2) is 4.98 Å². The van der Waals surface area contributed by atoms with Gasteiger partial charge in [0.2, 0.25) is 11.9 Å². The number of amides is 1. The Morgan fingerprint density at radius 1 is 1.23 bits per heavy atom. The molecule has 1 unspecified atom stereocenters. The van der Waals surface area contributed by atoms with E-state index in [4.69, 9.17) is 4.74 Å². The van der Waals surface area contributed by atoms with E-state index in [-0.39, 0.29) is 24.2 Å². The molecule has 0 fully saturated rings. The summed E-state index contributed by atoms with van der Waals surface area (Å²) in [7, 11) is 3.46. The highest BCUT2D eigenvalue weighted by Gasteiger charge is 2.18. The Balaban J connectivity index is 0.00000243. The third-order valence-electron chi connectivity index (χ3n) is 4.07. The molecule has 1 heterocycles. The van der Waals surface area contributed by atoms with Crippen LogP contribution in [0, 0.1) is 5.92 Å². The molecule has 0 aliphatic heterocycles. The molecule has 6 nitrogen and oxygen atoms in total. The Bertz CT molecular complexity index is 894. The number of carbonyl (C=O) groups is 1. The Morgan fingerprint density at radius 3 is 2.73 bits per heavy atom. The number of hydrogen-bond acceptors (Lipinski definition) is 4. The summed E-state index contributed by atoms with van der Waals surface area (Å²) in [4.78, 5) is 17.1. The zero-order chi connectivity index (χ0) is 17.8. The van der Waals surface area contributed by atoms with Gasteiger partial charge in [-0.2, -0.15) is 0 Å². The number of methoxy groups -OCH3 is 1. The average Bonchev–Trinajstić information content (AvgIpc) is 2.99. The first-order valence-corrected chi connectivity index (χ1v) is 8.21. The molecule has 26 heavy (non-hydrogen) atoms. The van der Waals surface area contributed by atoms with Crippen LogP contribution in [0.25, 0.3) is 16.7 Å². The quantitative estimate of drug-likeness (QED) is 0.695. The minimum Gasteiger partial charge on any atom is -0.497 e. The number of para-hydroxylation sites is 2. The van der Waals surface area contributed by atoms with Crippen LogP contribution in [0.1, 0.15) is 6.92 Å². The van der Waals surface area contributed by atoms with Crippen LogP contribution in [0.2, 0.25) is 0 Å². The van der Waals surface area contributed by atoms with Crippen molar-refractivity contribution in [2.24, 2.45) is 5.92 Å². The lowest BCUT2D eigenvalue weighted by molar-refractivity contribution is -0.119. The van der Waals surface area contributed by atoms with E-state index in [1.807, 2.05) is 67.1 Å². The van der Waals surface area contributed by atoms with Gasteiger partial charge < -0.3 is 10.1 Å². The summed E-state index contributed by atoms with van der Waals surface area (Å²) in [6, 6.07) is 15.5. The Kier molecular flexibility index (Phi) is 6.60. The van der Waals surface area contributed by atoms with E-state index in [0.717, 1.165) is 22.5 Å². The molecule has 0 aliphatic rings. The largest absolute Gasteiger partial charge is 0.497 e. The molecule has 0 saturated carbocycles. The molecule has 1 aromatic heterocycles. The summed E-state index contributed by atoms with van der Waals surface area (Å²) in [6.07, 6.45) is 0. The topological polar surface area (TPSA) is 68.2 Å². The van der Waals surface area contributed by atoms with Gasteiger partial charge in [0.1, 0.15) is 5.75 Å². The molecular formula is C19H23ClN4O2. The Hall–Kier alpha value is -2.57. The highest BCUT2D eigenvalue weighted by molar-refractivity contribution is 5.93. The number of halogens is 1. The number of rotatable bonds is 6. The third-order valence-corrected chi connectivity index (χ3v) is 4.07. The standard InChI is InChI=1S/C19H22N4O2.ClH/c1-13(12-20-2)18(24)22-19-21-16-9-4-5-10-17(16)23(19)14-7-6-8-15(11-14)25-3;/h4-11,13,20H,12H2,1-3H3,(H,21,22,24);1H. The number of nitrogens with zero attached hydrogens (tertiary/aromatic N) is 2. The predicted molar refractivity (Wildman–Crippen MR) is 107 cm³/mol. The van der Waals surface area contributed by atoms with Crippen LogP contribution in [0.4, 0.5) is 5.95 Å². The molecule has 0 radical (unpaired) electrons. The van der Waals surface area contributed by atoms with E-state index in [1.54, 1.807) is 7.11 Å². The molecule has 7 heteroatoms. The van der Waals surface area contributed by atoms with E-state index < -0.39 is 0 Å². The average molecular weight is 375 g/mol. The summed E-state index contributed by atoms with van der Waals surface area (Å²) in [5.74, 6) is 1.01. The lowest BCUT2D eigenvalue weighted by Crippen LogP contribution is -2.29. The van der Waals surface area contributed by atoms with Gasteiger partial charge in [-0.15, -0.1) is 12.4 Å². The lowest BCUT2D eigenvalue weighted by Gasteiger charge is -2.14. The normalized spacial score (nSPS) is 11.7. The van der Waals surface area contributed by atoms with Crippen molar-refractivity contribution < 1.29 is 9.53 Å². The Labute approximate surface area is 159 Å². The van der Waals surface area contributed by atoms with Gasteiger partial charge in [0.15, 0.2) is 0 Å². The zero-order valence-corrected chi connectivity index (χ0v) is 15.8. The molecule has 2 aromatic carbocycles. The molecule has 0 saturated heterocycles. The molecule has 1 atom stereocenters. The van der Waals surface area contributed by atoms with Crippen LogP contribution in [0.15, 0.2) is 48.5 Å². The number of imidazole rings is 1. The second kappa shape index (κ2) is 8.69. The molecular weight excluding hydrogens is 352 g/mol. The third kappa shape index (κ3) is 3.98. The second-order valence-electron chi connectivity index (χ2n) is 5.91. The maximum absolute atomic E-state index is 12.5. The molecule has 0 spiro atoms. The van der Waals surface area contributed by atoms with Crippen molar-refractivity contribution in [3.63, 3.8) is 0 Å². The molecule has 1 amide bonds. The van der Waals surface area contributed by atoms with E-state index in [2.05, 4.69) is 15.6 Å². The molecule has 0 bridgehead atoms. The van der Waals surface area contributed by atoms with Crippen molar-refractivity contribution in [2.45, 2.75) is 6.92 Å². The van der Waals surface area contributed by atoms with Crippen LogP contribution >= 0.6 is 12.4 Å². The molecule has 138 valence electrons.